The first kappa shape index (κ1) is 20.5. The number of methoxy groups -OCH3 is 1. The largest absolute Gasteiger partial charge is 0.493 e. The van der Waals surface area contributed by atoms with E-state index in [2.05, 4.69) is 12.2 Å². The smallest absolute Gasteiger partial charge is 0.248 e. The normalized spacial score (nSPS) is 10.8. The fraction of sp³-hybridized carbons (Fsp3) is 0.318. The van der Waals surface area contributed by atoms with Crippen LogP contribution in [0.25, 0.3) is 6.08 Å². The molecule has 4 nitrogen and oxygen atoms in total. The highest BCUT2D eigenvalue weighted by molar-refractivity contribution is 6.01. The number of rotatable bonds is 10. The summed E-state index contributed by atoms with van der Waals surface area (Å²) in [6.45, 7) is 2.83. The van der Waals surface area contributed by atoms with Gasteiger partial charge < -0.3 is 14.8 Å². The first-order valence-electron chi connectivity index (χ1n) is 9.18. The third-order valence-electron chi connectivity index (χ3n) is 3.98. The molecule has 2 rings (SSSR count). The van der Waals surface area contributed by atoms with Gasteiger partial charge in [-0.3, -0.25) is 4.79 Å². The molecule has 0 heterocycles. The zero-order chi connectivity index (χ0) is 19.5. The second kappa shape index (κ2) is 11.0. The molecule has 0 saturated carbocycles. The molecule has 0 atom stereocenters. The molecule has 0 spiro atoms. The summed E-state index contributed by atoms with van der Waals surface area (Å²) in [5.41, 5.74) is 1.36. The Balaban J connectivity index is 1.92. The van der Waals surface area contributed by atoms with Crippen LogP contribution in [0, 0.1) is 5.82 Å². The maximum atomic E-state index is 12.9. The Bertz CT molecular complexity index is 757. The lowest BCUT2D eigenvalue weighted by atomic mass is 10.2. The van der Waals surface area contributed by atoms with Gasteiger partial charge in [-0.15, -0.1) is 0 Å². The van der Waals surface area contributed by atoms with Crippen LogP contribution in [0.1, 0.15) is 38.2 Å². The van der Waals surface area contributed by atoms with E-state index in [9.17, 15) is 9.18 Å². The predicted octanol–water partition coefficient (Wildman–Crippen LogP) is 5.45. The highest BCUT2D eigenvalue weighted by atomic mass is 19.1. The molecule has 0 aliphatic heterocycles. The number of carbonyl (C=O) groups excluding carboxylic acids is 1. The van der Waals surface area contributed by atoms with Crippen molar-refractivity contribution in [3.8, 4) is 11.5 Å². The zero-order valence-corrected chi connectivity index (χ0v) is 15.8. The van der Waals surface area contributed by atoms with Crippen molar-refractivity contribution in [2.75, 3.05) is 19.0 Å². The zero-order valence-electron chi connectivity index (χ0n) is 15.8. The molecule has 2 aromatic rings. The van der Waals surface area contributed by atoms with E-state index < -0.39 is 0 Å². The van der Waals surface area contributed by atoms with Crippen molar-refractivity contribution in [2.45, 2.75) is 32.6 Å². The lowest BCUT2D eigenvalue weighted by Crippen LogP contribution is -2.07. The Labute approximate surface area is 160 Å². The van der Waals surface area contributed by atoms with Gasteiger partial charge in [-0.1, -0.05) is 32.3 Å². The molecule has 2 aromatic carbocycles. The summed E-state index contributed by atoms with van der Waals surface area (Å²) in [5, 5.41) is 2.68. The molecule has 144 valence electrons. The number of benzene rings is 2. The lowest BCUT2D eigenvalue weighted by Gasteiger charge is -2.11. The van der Waals surface area contributed by atoms with Crippen LogP contribution in [0.5, 0.6) is 11.5 Å². The fourth-order valence-corrected chi connectivity index (χ4v) is 2.51. The maximum Gasteiger partial charge on any atom is 0.248 e. The average Bonchev–Trinajstić information content (AvgIpc) is 2.68. The molecular formula is C22H26FNO3. The topological polar surface area (TPSA) is 47.6 Å². The fourth-order valence-electron chi connectivity index (χ4n) is 2.51. The predicted molar refractivity (Wildman–Crippen MR) is 107 cm³/mol. The monoisotopic (exact) mass is 371 g/mol. The van der Waals surface area contributed by atoms with E-state index >= 15 is 0 Å². The minimum absolute atomic E-state index is 0.295. The molecular weight excluding hydrogens is 345 g/mol. The van der Waals surface area contributed by atoms with E-state index in [1.54, 1.807) is 13.2 Å². The van der Waals surface area contributed by atoms with E-state index in [1.807, 2.05) is 18.2 Å². The molecule has 0 aliphatic rings. The number of amides is 1. The van der Waals surface area contributed by atoms with Gasteiger partial charge in [0.15, 0.2) is 11.5 Å². The van der Waals surface area contributed by atoms with Gasteiger partial charge in [0.1, 0.15) is 5.82 Å². The van der Waals surface area contributed by atoms with Gasteiger partial charge in [-0.05, 0) is 54.5 Å². The van der Waals surface area contributed by atoms with Crippen molar-refractivity contribution in [2.24, 2.45) is 0 Å². The van der Waals surface area contributed by atoms with E-state index in [4.69, 9.17) is 9.47 Å². The number of carbonyl (C=O) groups is 1. The summed E-state index contributed by atoms with van der Waals surface area (Å²) >= 11 is 0. The van der Waals surface area contributed by atoms with Crippen LogP contribution < -0.4 is 14.8 Å². The summed E-state index contributed by atoms with van der Waals surface area (Å²) in [6.07, 6.45) is 7.68. The first-order valence-corrected chi connectivity index (χ1v) is 9.18. The van der Waals surface area contributed by atoms with Crippen LogP contribution in [0.4, 0.5) is 10.1 Å². The van der Waals surface area contributed by atoms with Crippen LogP contribution in [0.15, 0.2) is 48.5 Å². The first-order chi connectivity index (χ1) is 13.1. The Morgan fingerprint density at radius 1 is 1.07 bits per heavy atom. The summed E-state index contributed by atoms with van der Waals surface area (Å²) in [7, 11) is 1.59. The minimum Gasteiger partial charge on any atom is -0.493 e. The van der Waals surface area contributed by atoms with Crippen molar-refractivity contribution >= 4 is 17.7 Å². The Morgan fingerprint density at radius 3 is 2.56 bits per heavy atom. The van der Waals surface area contributed by atoms with E-state index in [0.717, 1.165) is 18.4 Å². The molecule has 1 N–H and O–H groups in total. The van der Waals surface area contributed by atoms with Gasteiger partial charge in [-0.25, -0.2) is 4.39 Å². The van der Waals surface area contributed by atoms with Crippen molar-refractivity contribution in [1.82, 2.24) is 0 Å². The van der Waals surface area contributed by atoms with Crippen LogP contribution >= 0.6 is 0 Å². The number of anilines is 1. The maximum absolute atomic E-state index is 12.9. The number of ether oxygens (including phenoxy) is 2. The highest BCUT2D eigenvalue weighted by Gasteiger charge is 2.05. The van der Waals surface area contributed by atoms with Crippen molar-refractivity contribution in [3.63, 3.8) is 0 Å². The second-order valence-electron chi connectivity index (χ2n) is 6.15. The van der Waals surface area contributed by atoms with Gasteiger partial charge in [0, 0.05) is 11.8 Å². The molecule has 0 radical (unpaired) electrons. The molecule has 0 bridgehead atoms. The summed E-state index contributed by atoms with van der Waals surface area (Å²) in [6, 6.07) is 11.1. The lowest BCUT2D eigenvalue weighted by molar-refractivity contribution is -0.111. The molecule has 27 heavy (non-hydrogen) atoms. The van der Waals surface area contributed by atoms with E-state index in [-0.39, 0.29) is 11.7 Å². The van der Waals surface area contributed by atoms with Crippen LogP contribution in [-0.4, -0.2) is 19.6 Å². The second-order valence-corrected chi connectivity index (χ2v) is 6.15. The SMILES string of the molecule is CCCCCCOc1ccc(C=CC(=O)Nc2ccc(F)cc2)cc1OC. The Kier molecular flexibility index (Phi) is 8.36. The number of hydrogen-bond donors (Lipinski definition) is 1. The number of hydrogen-bond acceptors (Lipinski definition) is 3. The van der Waals surface area contributed by atoms with Gasteiger partial charge in [-0.2, -0.15) is 0 Å². The molecule has 0 aliphatic carbocycles. The van der Waals surface area contributed by atoms with Crippen LogP contribution in [-0.2, 0) is 4.79 Å². The summed E-state index contributed by atoms with van der Waals surface area (Å²) in [5.74, 6) is 0.689. The molecule has 0 unspecified atom stereocenters. The van der Waals surface area contributed by atoms with Crippen molar-refractivity contribution < 1.29 is 18.7 Å². The summed E-state index contributed by atoms with van der Waals surface area (Å²) in [4.78, 5) is 12.0. The molecule has 0 saturated heterocycles. The Hall–Kier alpha value is -2.82. The van der Waals surface area contributed by atoms with E-state index in [1.165, 1.54) is 43.2 Å². The van der Waals surface area contributed by atoms with Gasteiger partial charge in [0.2, 0.25) is 5.91 Å². The van der Waals surface area contributed by atoms with Crippen LogP contribution in [0.3, 0.4) is 0 Å². The molecule has 0 fully saturated rings. The third-order valence-corrected chi connectivity index (χ3v) is 3.98. The molecule has 0 aromatic heterocycles. The highest BCUT2D eigenvalue weighted by Crippen LogP contribution is 2.28. The molecule has 5 heteroatoms. The van der Waals surface area contributed by atoms with E-state index in [0.29, 0.717) is 23.8 Å². The number of unbranched alkanes of at least 4 members (excludes halogenated alkanes) is 3. The van der Waals surface area contributed by atoms with Crippen LogP contribution in [0.2, 0.25) is 0 Å². The summed E-state index contributed by atoms with van der Waals surface area (Å²) < 4.78 is 24.0. The quantitative estimate of drug-likeness (QED) is 0.446. The van der Waals surface area contributed by atoms with Gasteiger partial charge >= 0.3 is 0 Å². The average molecular weight is 371 g/mol. The third kappa shape index (κ3) is 7.13. The minimum atomic E-state index is -0.344. The van der Waals surface area contributed by atoms with Crippen molar-refractivity contribution in [3.05, 3.63) is 59.9 Å². The van der Waals surface area contributed by atoms with Gasteiger partial charge in [0.05, 0.1) is 13.7 Å². The van der Waals surface area contributed by atoms with Crippen molar-refractivity contribution in [1.29, 1.82) is 0 Å². The molecule has 1 amide bonds. The number of nitrogens with one attached hydrogen (secondary N) is 1. The number of halogens is 1. The van der Waals surface area contributed by atoms with Gasteiger partial charge in [0.25, 0.3) is 0 Å². The standard InChI is InChI=1S/C22H26FNO3/c1-3-4-5-6-15-27-20-13-7-17(16-21(20)26-2)8-14-22(25)24-19-11-9-18(23)10-12-19/h7-14,16H,3-6,15H2,1-2H3,(H,24,25). The Morgan fingerprint density at radius 2 is 1.85 bits per heavy atom.